The summed E-state index contributed by atoms with van der Waals surface area (Å²) >= 11 is 0. The van der Waals surface area contributed by atoms with Crippen molar-refractivity contribution < 1.29 is 40.6 Å². The number of hydrogen-bond acceptors (Lipinski definition) is 11. The first-order valence-corrected chi connectivity index (χ1v) is 23.2. The van der Waals surface area contributed by atoms with Gasteiger partial charge in [-0.3, -0.25) is 14.2 Å². The lowest BCUT2D eigenvalue weighted by Crippen LogP contribution is -2.31. The maximum atomic E-state index is 13.7. The summed E-state index contributed by atoms with van der Waals surface area (Å²) in [7, 11) is -1.50. The van der Waals surface area contributed by atoms with Crippen LogP contribution in [0, 0.1) is 0 Å². The van der Waals surface area contributed by atoms with Crippen molar-refractivity contribution >= 4 is 26.3 Å². The van der Waals surface area contributed by atoms with E-state index in [0.29, 0.717) is 17.8 Å². The summed E-state index contributed by atoms with van der Waals surface area (Å²) in [5, 5.41) is 8.52. The molecule has 17 heteroatoms. The number of nitrogens with zero attached hydrogens (tertiary/aromatic N) is 6. The third-order valence-corrected chi connectivity index (χ3v) is 13.4. The van der Waals surface area contributed by atoms with Gasteiger partial charge in [0.2, 0.25) is 0 Å². The summed E-state index contributed by atoms with van der Waals surface area (Å²) in [6, 6.07) is 32.0. The van der Waals surface area contributed by atoms with Gasteiger partial charge in [0.1, 0.15) is 28.7 Å². The number of aldehydes is 1. The van der Waals surface area contributed by atoms with Crippen LogP contribution in [0.4, 0.5) is 0 Å². The predicted molar refractivity (Wildman–Crippen MR) is 245 cm³/mol. The average Bonchev–Trinajstić information content (AvgIpc) is 3.98. The normalized spacial score (nSPS) is 12.1. The molecule has 0 saturated carbocycles. The van der Waals surface area contributed by atoms with E-state index >= 15 is 0 Å². The molecule has 4 aromatic carbocycles. The number of carbonyl (C=O) groups is 1. The van der Waals surface area contributed by atoms with E-state index in [2.05, 4.69) is 10.2 Å². The maximum absolute atomic E-state index is 13.7. The summed E-state index contributed by atoms with van der Waals surface area (Å²) in [6.07, 6.45) is 2.32. The Morgan fingerprint density at radius 3 is 1.08 bits per heavy atom. The topological polar surface area (TPSA) is 164 Å². The first kappa shape index (κ1) is 49.0. The molecule has 0 atom stereocenters. The molecule has 0 fully saturated rings. The number of rotatable bonds is 17. The summed E-state index contributed by atoms with van der Waals surface area (Å²) in [4.78, 5) is 11.6. The third kappa shape index (κ3) is 12.4. The minimum absolute atomic E-state index is 0.0319. The number of methoxy groups -OCH3 is 4. The monoisotopic (exact) mass is 914 g/mol. The van der Waals surface area contributed by atoms with E-state index in [1.54, 1.807) is 69.6 Å². The Balaban J connectivity index is 0.000000241. The SMILES string of the molecule is COc1ccc(CN(Cc2ccc(OC)cc2)S(=O)(=O)c2cc(C=O)n(C(C)(C)C)n2)cc1.COc1ccc(CN(Cc2ccc(OC)cc2)S(=O)(=O)c2ccn(C(C)(C)C)n2)cc1. The minimum Gasteiger partial charge on any atom is -0.497 e. The van der Waals surface area contributed by atoms with Crippen molar-refractivity contribution in [3.05, 3.63) is 143 Å². The molecule has 2 aromatic heterocycles. The van der Waals surface area contributed by atoms with E-state index in [1.807, 2.05) is 114 Å². The molecule has 0 spiro atoms. The van der Waals surface area contributed by atoms with E-state index in [9.17, 15) is 21.6 Å². The van der Waals surface area contributed by atoms with Gasteiger partial charge in [0.25, 0.3) is 20.0 Å². The van der Waals surface area contributed by atoms with Crippen LogP contribution in [0.1, 0.15) is 74.3 Å². The average molecular weight is 915 g/mol. The van der Waals surface area contributed by atoms with Crippen LogP contribution in [-0.4, -0.2) is 79.7 Å². The molecule has 15 nitrogen and oxygen atoms in total. The van der Waals surface area contributed by atoms with Gasteiger partial charge in [0.05, 0.1) is 39.5 Å². The standard InChI is InChI=1S/C24H29N3O5S.C23H29N3O4S/c1-24(2,3)27-20(17-28)14-23(25-27)33(29,30)26(15-18-6-10-21(31-4)11-7-18)16-19-8-12-22(32-5)13-9-19;1-23(2,3)26-15-14-22(24-26)31(27,28)25(16-18-6-10-20(29-4)11-7-18)17-19-8-12-21(30-5)13-9-19/h6-14,17H,15-16H2,1-5H3;6-15H,16-17H2,1-5H3. The van der Waals surface area contributed by atoms with E-state index in [1.165, 1.54) is 19.4 Å². The number of hydrogen-bond donors (Lipinski definition) is 0. The molecule has 0 bridgehead atoms. The summed E-state index contributed by atoms with van der Waals surface area (Å²) in [6.45, 7) is 12.2. The number of carbonyl (C=O) groups excluding carboxylic acids is 1. The lowest BCUT2D eigenvalue weighted by molar-refractivity contribution is 0.110. The molecule has 0 N–H and O–H groups in total. The highest BCUT2D eigenvalue weighted by molar-refractivity contribution is 7.89. The molecule has 0 radical (unpaired) electrons. The zero-order valence-corrected chi connectivity index (χ0v) is 39.7. The highest BCUT2D eigenvalue weighted by Crippen LogP contribution is 2.27. The van der Waals surface area contributed by atoms with Crippen LogP contribution in [0.2, 0.25) is 0 Å². The van der Waals surface area contributed by atoms with Crippen molar-refractivity contribution in [1.29, 1.82) is 0 Å². The Bertz CT molecular complexity index is 2570. The molecule has 0 aliphatic carbocycles. The fourth-order valence-corrected chi connectivity index (χ4v) is 9.08. The fraction of sp³-hybridized carbons (Fsp3) is 0.340. The van der Waals surface area contributed by atoms with Crippen LogP contribution in [-0.2, 0) is 57.3 Å². The molecule has 0 aliphatic rings. The van der Waals surface area contributed by atoms with Crippen LogP contribution in [0.5, 0.6) is 23.0 Å². The van der Waals surface area contributed by atoms with Crippen molar-refractivity contribution in [1.82, 2.24) is 28.2 Å². The summed E-state index contributed by atoms with van der Waals surface area (Å²) < 4.78 is 81.1. The van der Waals surface area contributed by atoms with Crippen molar-refractivity contribution in [2.24, 2.45) is 0 Å². The molecule has 0 unspecified atom stereocenters. The Labute approximate surface area is 377 Å². The lowest BCUT2D eigenvalue weighted by atomic mass is 10.1. The molecule has 0 saturated heterocycles. The molecule has 6 rings (SSSR count). The van der Waals surface area contributed by atoms with Gasteiger partial charge in [-0.1, -0.05) is 48.5 Å². The third-order valence-electron chi connectivity index (χ3n) is 10.0. The van der Waals surface area contributed by atoms with Crippen LogP contribution < -0.4 is 18.9 Å². The zero-order valence-electron chi connectivity index (χ0n) is 38.0. The first-order valence-electron chi connectivity index (χ1n) is 20.4. The van der Waals surface area contributed by atoms with E-state index in [0.717, 1.165) is 33.8 Å². The van der Waals surface area contributed by atoms with E-state index < -0.39 is 25.6 Å². The van der Waals surface area contributed by atoms with Crippen LogP contribution in [0.15, 0.2) is 125 Å². The van der Waals surface area contributed by atoms with Crippen LogP contribution in [0.3, 0.4) is 0 Å². The Hall–Kier alpha value is -6.01. The summed E-state index contributed by atoms with van der Waals surface area (Å²) in [5.41, 5.74) is 2.62. The van der Waals surface area contributed by atoms with Crippen LogP contribution in [0.25, 0.3) is 0 Å². The Morgan fingerprint density at radius 2 is 0.828 bits per heavy atom. The number of ether oxygens (including phenoxy) is 4. The second-order valence-electron chi connectivity index (χ2n) is 16.8. The van der Waals surface area contributed by atoms with E-state index in [-0.39, 0.29) is 47.5 Å². The Morgan fingerprint density at radius 1 is 0.500 bits per heavy atom. The molecule has 0 amide bonds. The van der Waals surface area contributed by atoms with Crippen molar-refractivity contribution in [3.63, 3.8) is 0 Å². The zero-order chi connectivity index (χ0) is 46.9. The molecule has 342 valence electrons. The molecular weight excluding hydrogens is 857 g/mol. The molecule has 0 aliphatic heterocycles. The highest BCUT2D eigenvalue weighted by Gasteiger charge is 2.32. The predicted octanol–water partition coefficient (Wildman–Crippen LogP) is 7.91. The van der Waals surface area contributed by atoms with Gasteiger partial charge in [-0.25, -0.2) is 16.8 Å². The van der Waals surface area contributed by atoms with Gasteiger partial charge in [-0.05, 0) is 118 Å². The molecular formula is C47H58N6O9S2. The van der Waals surface area contributed by atoms with Crippen molar-refractivity contribution in [2.45, 2.75) is 88.9 Å². The van der Waals surface area contributed by atoms with Gasteiger partial charge in [-0.15, -0.1) is 0 Å². The second-order valence-corrected chi connectivity index (χ2v) is 20.6. The maximum Gasteiger partial charge on any atom is 0.263 e. The number of aromatic nitrogens is 4. The van der Waals surface area contributed by atoms with Crippen LogP contribution >= 0.6 is 0 Å². The molecule has 6 aromatic rings. The van der Waals surface area contributed by atoms with Gasteiger partial charge in [0.15, 0.2) is 16.3 Å². The molecule has 64 heavy (non-hydrogen) atoms. The molecule has 2 heterocycles. The summed E-state index contributed by atoms with van der Waals surface area (Å²) in [5.74, 6) is 2.81. The largest absolute Gasteiger partial charge is 0.497 e. The van der Waals surface area contributed by atoms with Gasteiger partial charge in [0, 0.05) is 38.4 Å². The van der Waals surface area contributed by atoms with Gasteiger partial charge < -0.3 is 18.9 Å². The smallest absolute Gasteiger partial charge is 0.263 e. The fourth-order valence-electron chi connectivity index (χ4n) is 6.39. The first-order chi connectivity index (χ1) is 30.2. The number of benzene rings is 4. The second kappa shape index (κ2) is 20.7. The van der Waals surface area contributed by atoms with Crippen molar-refractivity contribution in [3.8, 4) is 23.0 Å². The minimum atomic E-state index is -4.02. The highest BCUT2D eigenvalue weighted by atomic mass is 32.2. The van der Waals surface area contributed by atoms with E-state index in [4.69, 9.17) is 18.9 Å². The lowest BCUT2D eigenvalue weighted by Gasteiger charge is -2.22. The quantitative estimate of drug-likeness (QED) is 0.0817. The Kier molecular flexibility index (Phi) is 15.8. The van der Waals surface area contributed by atoms with Gasteiger partial charge in [-0.2, -0.15) is 18.8 Å². The van der Waals surface area contributed by atoms with Gasteiger partial charge >= 0.3 is 0 Å². The number of sulfonamides is 2. The van der Waals surface area contributed by atoms with Crippen molar-refractivity contribution in [2.75, 3.05) is 28.4 Å².